The Labute approximate surface area is 292 Å². The molecule has 1 atom stereocenters. The van der Waals surface area contributed by atoms with Crippen LogP contribution in [0.1, 0.15) is 26.7 Å². The second-order valence-electron chi connectivity index (χ2n) is 10.9. The molecule has 1 unspecified atom stereocenters. The van der Waals surface area contributed by atoms with Crippen LogP contribution >= 0.6 is 23.4 Å². The molecular weight excluding hydrogens is 657 g/mol. The number of hydrogen-bond acceptors (Lipinski definition) is 4. The van der Waals surface area contributed by atoms with Gasteiger partial charge in [-0.1, -0.05) is 109 Å². The van der Waals surface area contributed by atoms with E-state index in [1.807, 2.05) is 78.9 Å². The summed E-state index contributed by atoms with van der Waals surface area (Å²) in [6.45, 7) is 0. The van der Waals surface area contributed by atoms with Gasteiger partial charge in [0.1, 0.15) is 16.8 Å². The summed E-state index contributed by atoms with van der Waals surface area (Å²) in [5, 5.41) is 9.90. The number of carbonyl (C=O) groups excluding carboxylic acids is 3. The third-order valence-electron chi connectivity index (χ3n) is 7.55. The summed E-state index contributed by atoms with van der Waals surface area (Å²) >= 11 is 7.58. The predicted octanol–water partition coefficient (Wildman–Crippen LogP) is 9.51. The summed E-state index contributed by atoms with van der Waals surface area (Å²) < 4.78 is 14.7. The summed E-state index contributed by atoms with van der Waals surface area (Å²) in [7, 11) is 0. The zero-order valence-electron chi connectivity index (χ0n) is 25.9. The SMILES string of the molecule is O=C(Nc1cccc(SC(C(=O)Nc2cccc3ccccc23)c2ccccc2)c1)/C(=C\c1c(F)cccc1Cl)NC(=O)c1ccccc1. The molecule has 49 heavy (non-hydrogen) atoms. The maximum Gasteiger partial charge on any atom is 0.272 e. The van der Waals surface area contributed by atoms with Gasteiger partial charge in [0.25, 0.3) is 11.8 Å². The molecule has 9 heteroatoms. The lowest BCUT2D eigenvalue weighted by Crippen LogP contribution is -2.30. The second-order valence-corrected chi connectivity index (χ2v) is 12.5. The fourth-order valence-corrected chi connectivity index (χ4v) is 6.45. The lowest BCUT2D eigenvalue weighted by atomic mass is 10.1. The Balaban J connectivity index is 1.26. The van der Waals surface area contributed by atoms with Gasteiger partial charge in [-0.05, 0) is 65.6 Å². The van der Waals surface area contributed by atoms with Crippen molar-refractivity contribution >= 4 is 69.3 Å². The first-order chi connectivity index (χ1) is 23.9. The molecular formula is C40H29ClFN3O3S. The minimum absolute atomic E-state index is 0.0464. The van der Waals surface area contributed by atoms with E-state index in [0.717, 1.165) is 16.3 Å². The first kappa shape index (κ1) is 33.2. The van der Waals surface area contributed by atoms with Gasteiger partial charge in [0.05, 0.1) is 5.02 Å². The first-order valence-electron chi connectivity index (χ1n) is 15.3. The molecule has 6 aromatic carbocycles. The zero-order chi connectivity index (χ0) is 34.2. The summed E-state index contributed by atoms with van der Waals surface area (Å²) in [5.41, 5.74) is 1.96. The van der Waals surface area contributed by atoms with Crippen LogP contribution in [-0.2, 0) is 9.59 Å². The van der Waals surface area contributed by atoms with Crippen molar-refractivity contribution in [3.05, 3.63) is 179 Å². The molecule has 0 aliphatic heterocycles. The van der Waals surface area contributed by atoms with E-state index in [0.29, 0.717) is 21.8 Å². The van der Waals surface area contributed by atoms with E-state index in [1.54, 1.807) is 48.5 Å². The molecule has 0 aliphatic rings. The zero-order valence-corrected chi connectivity index (χ0v) is 27.5. The number of rotatable bonds is 10. The minimum Gasteiger partial charge on any atom is -0.324 e. The van der Waals surface area contributed by atoms with E-state index in [4.69, 9.17) is 11.6 Å². The highest BCUT2D eigenvalue weighted by Gasteiger charge is 2.23. The lowest BCUT2D eigenvalue weighted by Gasteiger charge is -2.18. The van der Waals surface area contributed by atoms with Crippen LogP contribution in [0.2, 0.25) is 5.02 Å². The number of anilines is 2. The van der Waals surface area contributed by atoms with Crippen molar-refractivity contribution < 1.29 is 18.8 Å². The number of carbonyl (C=O) groups is 3. The fraction of sp³-hybridized carbons (Fsp3) is 0.0250. The van der Waals surface area contributed by atoms with E-state index >= 15 is 0 Å². The highest BCUT2D eigenvalue weighted by atomic mass is 35.5. The number of nitrogens with one attached hydrogen (secondary N) is 3. The summed E-state index contributed by atoms with van der Waals surface area (Å²) in [6, 6.07) is 42.6. The quantitative estimate of drug-likeness (QED) is 0.0990. The van der Waals surface area contributed by atoms with Gasteiger partial charge in [-0.15, -0.1) is 11.8 Å². The molecule has 0 saturated heterocycles. The van der Waals surface area contributed by atoms with E-state index in [-0.39, 0.29) is 22.2 Å². The van der Waals surface area contributed by atoms with Gasteiger partial charge in [0, 0.05) is 32.8 Å². The highest BCUT2D eigenvalue weighted by molar-refractivity contribution is 8.00. The van der Waals surface area contributed by atoms with Crippen molar-refractivity contribution in [2.45, 2.75) is 10.1 Å². The van der Waals surface area contributed by atoms with Crippen molar-refractivity contribution in [2.24, 2.45) is 0 Å². The van der Waals surface area contributed by atoms with Gasteiger partial charge in [-0.25, -0.2) is 4.39 Å². The van der Waals surface area contributed by atoms with Gasteiger partial charge >= 0.3 is 0 Å². The number of hydrogen-bond donors (Lipinski definition) is 3. The van der Waals surface area contributed by atoms with E-state index in [1.165, 1.54) is 36.0 Å². The van der Waals surface area contributed by atoms with Crippen LogP contribution in [-0.4, -0.2) is 17.7 Å². The Morgan fingerprint density at radius 3 is 2.16 bits per heavy atom. The first-order valence-corrected chi connectivity index (χ1v) is 16.6. The Morgan fingerprint density at radius 1 is 0.714 bits per heavy atom. The van der Waals surface area contributed by atoms with E-state index in [2.05, 4.69) is 16.0 Å². The van der Waals surface area contributed by atoms with Gasteiger partial charge in [0.2, 0.25) is 5.91 Å². The Hall–Kier alpha value is -5.70. The van der Waals surface area contributed by atoms with Crippen molar-refractivity contribution in [3.63, 3.8) is 0 Å². The van der Waals surface area contributed by atoms with Crippen LogP contribution < -0.4 is 16.0 Å². The van der Waals surface area contributed by atoms with Gasteiger partial charge < -0.3 is 16.0 Å². The molecule has 6 aromatic rings. The molecule has 3 N–H and O–H groups in total. The third kappa shape index (κ3) is 8.24. The average Bonchev–Trinajstić information content (AvgIpc) is 3.12. The van der Waals surface area contributed by atoms with Crippen molar-refractivity contribution in [2.75, 3.05) is 10.6 Å². The fourth-order valence-electron chi connectivity index (χ4n) is 5.15. The molecule has 6 rings (SSSR count). The molecule has 0 heterocycles. The number of thioether (sulfide) groups is 1. The number of amides is 3. The standard InChI is InChI=1S/C40H29ClFN3O3S/c41-33-21-11-22-34(42)32(33)25-36(45-38(46)28-15-5-2-6-16-28)39(47)43-29-18-10-19-30(24-29)49-37(27-13-3-1-4-14-27)40(48)44-35-23-9-17-26-12-7-8-20-31(26)35/h1-25,37H,(H,43,47)(H,44,48)(H,45,46)/b36-25+. The van der Waals surface area contributed by atoms with Crippen LogP contribution in [0.4, 0.5) is 15.8 Å². The van der Waals surface area contributed by atoms with Crippen molar-refractivity contribution in [1.82, 2.24) is 5.32 Å². The lowest BCUT2D eigenvalue weighted by molar-refractivity contribution is -0.116. The Morgan fingerprint density at radius 2 is 1.39 bits per heavy atom. The number of fused-ring (bicyclic) bond motifs is 1. The van der Waals surface area contributed by atoms with Gasteiger partial charge in [0.15, 0.2) is 0 Å². The van der Waals surface area contributed by atoms with Gasteiger partial charge in [-0.3, -0.25) is 14.4 Å². The molecule has 0 spiro atoms. The van der Waals surface area contributed by atoms with Crippen molar-refractivity contribution in [1.29, 1.82) is 0 Å². The van der Waals surface area contributed by atoms with Gasteiger partial charge in [-0.2, -0.15) is 0 Å². The average molecular weight is 686 g/mol. The smallest absolute Gasteiger partial charge is 0.272 e. The largest absolute Gasteiger partial charge is 0.324 e. The second kappa shape index (κ2) is 15.5. The summed E-state index contributed by atoms with van der Waals surface area (Å²) in [5.74, 6) is -2.11. The molecule has 242 valence electrons. The molecule has 0 saturated carbocycles. The Bertz CT molecular complexity index is 2150. The molecule has 0 aliphatic carbocycles. The third-order valence-corrected chi connectivity index (χ3v) is 9.13. The van der Waals surface area contributed by atoms with E-state index in [9.17, 15) is 18.8 Å². The molecule has 0 fully saturated rings. The highest BCUT2D eigenvalue weighted by Crippen LogP contribution is 2.38. The Kier molecular flexibility index (Phi) is 10.5. The number of halogens is 2. The predicted molar refractivity (Wildman–Crippen MR) is 196 cm³/mol. The van der Waals surface area contributed by atoms with Crippen LogP contribution in [0.5, 0.6) is 0 Å². The minimum atomic E-state index is -0.695. The molecule has 0 bridgehead atoms. The normalized spacial score (nSPS) is 11.8. The molecule has 0 radical (unpaired) electrons. The van der Waals surface area contributed by atoms with E-state index < -0.39 is 22.9 Å². The van der Waals surface area contributed by atoms with Crippen LogP contribution in [0.25, 0.3) is 16.8 Å². The van der Waals surface area contributed by atoms with Crippen molar-refractivity contribution in [3.8, 4) is 0 Å². The summed E-state index contributed by atoms with van der Waals surface area (Å²) in [4.78, 5) is 41.3. The maximum absolute atomic E-state index is 14.7. The molecule has 3 amide bonds. The molecule has 6 nitrogen and oxygen atoms in total. The van der Waals surface area contributed by atoms with Crippen LogP contribution in [0.15, 0.2) is 156 Å². The maximum atomic E-state index is 14.7. The summed E-state index contributed by atoms with van der Waals surface area (Å²) in [6.07, 6.45) is 1.20. The van der Waals surface area contributed by atoms with Crippen LogP contribution in [0.3, 0.4) is 0 Å². The monoisotopic (exact) mass is 685 g/mol. The van der Waals surface area contributed by atoms with Crippen LogP contribution in [0, 0.1) is 5.82 Å². The number of benzene rings is 6. The topological polar surface area (TPSA) is 87.3 Å². The molecule has 0 aromatic heterocycles.